The van der Waals surface area contributed by atoms with Gasteiger partial charge in [0.15, 0.2) is 0 Å². The number of aromatic amines is 1. The lowest BCUT2D eigenvalue weighted by molar-refractivity contribution is -0.139. The van der Waals surface area contributed by atoms with Crippen LogP contribution in [0.1, 0.15) is 59.1 Å². The number of ether oxygens (including phenoxy) is 1. The highest BCUT2D eigenvalue weighted by Gasteiger charge is 2.30. The summed E-state index contributed by atoms with van der Waals surface area (Å²) in [5, 5.41) is 0. The van der Waals surface area contributed by atoms with Gasteiger partial charge in [-0.1, -0.05) is 36.8 Å². The van der Waals surface area contributed by atoms with Crippen molar-refractivity contribution in [2.75, 3.05) is 6.61 Å². The summed E-state index contributed by atoms with van der Waals surface area (Å²) in [6, 6.07) is 10.0. The van der Waals surface area contributed by atoms with Crippen LogP contribution in [0.25, 0.3) is 0 Å². The monoisotopic (exact) mass is 368 g/mol. The molecule has 2 aromatic rings. The van der Waals surface area contributed by atoms with E-state index in [0.29, 0.717) is 25.3 Å². The van der Waals surface area contributed by atoms with Gasteiger partial charge in [0.25, 0.3) is 0 Å². The van der Waals surface area contributed by atoms with E-state index in [2.05, 4.69) is 4.98 Å². The largest absolute Gasteiger partial charge is 0.462 e. The fourth-order valence-corrected chi connectivity index (χ4v) is 3.60. The van der Waals surface area contributed by atoms with E-state index in [4.69, 9.17) is 4.74 Å². The summed E-state index contributed by atoms with van der Waals surface area (Å²) in [6.07, 6.45) is 3.07. The first-order chi connectivity index (χ1) is 13.0. The number of carbonyl (C=O) groups excluding carboxylic acids is 2. The topological polar surface area (TPSA) is 62.4 Å². The Kier molecular flexibility index (Phi) is 5.99. The van der Waals surface area contributed by atoms with Gasteiger partial charge in [-0.2, -0.15) is 0 Å². The molecule has 1 amide bonds. The van der Waals surface area contributed by atoms with Gasteiger partial charge in [-0.15, -0.1) is 0 Å². The third-order valence-electron chi connectivity index (χ3n) is 5.35. The number of aryl methyl sites for hydroxylation is 1. The number of H-pyrrole nitrogens is 1. The maximum Gasteiger partial charge on any atom is 0.340 e. The Bertz CT molecular complexity index is 806. The molecule has 0 spiro atoms. The summed E-state index contributed by atoms with van der Waals surface area (Å²) in [5.41, 5.74) is 4.25. The van der Waals surface area contributed by atoms with Crippen molar-refractivity contribution in [2.45, 2.75) is 53.1 Å². The number of esters is 1. The molecule has 1 aromatic heterocycles. The van der Waals surface area contributed by atoms with E-state index in [1.165, 1.54) is 0 Å². The van der Waals surface area contributed by atoms with Gasteiger partial charge in [0.2, 0.25) is 5.91 Å². The molecule has 5 heteroatoms. The van der Waals surface area contributed by atoms with E-state index in [1.54, 1.807) is 6.92 Å². The molecular weight excluding hydrogens is 340 g/mol. The molecular formula is C22H28N2O3. The van der Waals surface area contributed by atoms with Crippen molar-refractivity contribution in [3.63, 3.8) is 0 Å². The molecule has 1 aliphatic carbocycles. The number of aromatic nitrogens is 1. The second-order valence-corrected chi connectivity index (χ2v) is 7.26. The first kappa shape index (κ1) is 19.2. The van der Waals surface area contributed by atoms with Crippen LogP contribution >= 0.6 is 0 Å². The van der Waals surface area contributed by atoms with Gasteiger partial charge in [0, 0.05) is 23.9 Å². The van der Waals surface area contributed by atoms with Crippen molar-refractivity contribution in [2.24, 2.45) is 5.92 Å². The number of hydrogen-bond donors (Lipinski definition) is 1. The fraction of sp³-hybridized carbons (Fsp3) is 0.455. The SMILES string of the molecule is CCOC(=O)c1c(C)[nH]c(CN(Cc2ccccc2)C(=O)C2CCC2)c1C. The minimum absolute atomic E-state index is 0.134. The molecule has 3 rings (SSSR count). The lowest BCUT2D eigenvalue weighted by Crippen LogP contribution is -2.38. The highest BCUT2D eigenvalue weighted by atomic mass is 16.5. The number of nitrogens with zero attached hydrogens (tertiary/aromatic N) is 1. The molecule has 1 aliphatic rings. The zero-order chi connectivity index (χ0) is 19.4. The standard InChI is InChI=1S/C22H28N2O3/c1-4-27-22(26)20-15(2)19(23-16(20)3)14-24(21(25)18-11-8-12-18)13-17-9-6-5-7-10-17/h5-7,9-10,18,23H,4,8,11-14H2,1-3H3. The molecule has 1 aromatic carbocycles. The number of rotatable bonds is 7. The summed E-state index contributed by atoms with van der Waals surface area (Å²) in [6.45, 7) is 6.98. The van der Waals surface area contributed by atoms with Crippen LogP contribution in [0.4, 0.5) is 0 Å². The molecule has 1 saturated carbocycles. The molecule has 0 aliphatic heterocycles. The van der Waals surface area contributed by atoms with Gasteiger partial charge in [-0.25, -0.2) is 4.79 Å². The maximum absolute atomic E-state index is 13.0. The van der Waals surface area contributed by atoms with E-state index in [0.717, 1.165) is 41.8 Å². The molecule has 0 unspecified atom stereocenters. The molecule has 27 heavy (non-hydrogen) atoms. The van der Waals surface area contributed by atoms with E-state index in [1.807, 2.05) is 49.1 Å². The second-order valence-electron chi connectivity index (χ2n) is 7.26. The second kappa shape index (κ2) is 8.42. The summed E-state index contributed by atoms with van der Waals surface area (Å²) in [7, 11) is 0. The van der Waals surface area contributed by atoms with E-state index >= 15 is 0 Å². The first-order valence-electron chi connectivity index (χ1n) is 9.69. The minimum atomic E-state index is -0.310. The van der Waals surface area contributed by atoms with Crippen LogP contribution in [0.5, 0.6) is 0 Å². The summed E-state index contributed by atoms with van der Waals surface area (Å²) in [5.74, 6) is 0.0268. The Hall–Kier alpha value is -2.56. The Labute approximate surface area is 160 Å². The predicted octanol–water partition coefficient (Wildman–Crippen LogP) is 4.14. The van der Waals surface area contributed by atoms with Crippen molar-refractivity contribution in [1.29, 1.82) is 0 Å². The van der Waals surface area contributed by atoms with Crippen molar-refractivity contribution in [3.8, 4) is 0 Å². The number of benzene rings is 1. The van der Waals surface area contributed by atoms with Gasteiger partial charge >= 0.3 is 5.97 Å². The van der Waals surface area contributed by atoms with Crippen LogP contribution < -0.4 is 0 Å². The molecule has 0 bridgehead atoms. The molecule has 1 N–H and O–H groups in total. The Morgan fingerprint density at radius 1 is 1.15 bits per heavy atom. The molecule has 0 radical (unpaired) electrons. The van der Waals surface area contributed by atoms with E-state index in [9.17, 15) is 9.59 Å². The van der Waals surface area contributed by atoms with Gasteiger partial charge in [-0.05, 0) is 44.7 Å². The van der Waals surface area contributed by atoms with Gasteiger partial charge in [-0.3, -0.25) is 4.79 Å². The van der Waals surface area contributed by atoms with Crippen LogP contribution in [-0.4, -0.2) is 28.4 Å². The van der Waals surface area contributed by atoms with Crippen LogP contribution in [0.3, 0.4) is 0 Å². The van der Waals surface area contributed by atoms with Crippen LogP contribution in [0.15, 0.2) is 30.3 Å². The third-order valence-corrected chi connectivity index (χ3v) is 5.35. The average Bonchev–Trinajstić information content (AvgIpc) is 2.87. The third kappa shape index (κ3) is 4.24. The van der Waals surface area contributed by atoms with Crippen molar-refractivity contribution in [3.05, 3.63) is 58.4 Å². The lowest BCUT2D eigenvalue weighted by Gasteiger charge is -2.32. The minimum Gasteiger partial charge on any atom is -0.462 e. The Balaban J connectivity index is 1.84. The number of carbonyl (C=O) groups is 2. The van der Waals surface area contributed by atoms with Gasteiger partial charge in [0.1, 0.15) is 0 Å². The molecule has 1 heterocycles. The summed E-state index contributed by atoms with van der Waals surface area (Å²) >= 11 is 0. The van der Waals surface area contributed by atoms with Crippen LogP contribution in [-0.2, 0) is 22.6 Å². The van der Waals surface area contributed by atoms with Gasteiger partial charge in [0.05, 0.1) is 18.7 Å². The zero-order valence-corrected chi connectivity index (χ0v) is 16.4. The predicted molar refractivity (Wildman–Crippen MR) is 104 cm³/mol. The first-order valence-corrected chi connectivity index (χ1v) is 9.69. The summed E-state index contributed by atoms with van der Waals surface area (Å²) < 4.78 is 5.18. The Morgan fingerprint density at radius 3 is 2.44 bits per heavy atom. The maximum atomic E-state index is 13.0. The molecule has 1 fully saturated rings. The van der Waals surface area contributed by atoms with Crippen molar-refractivity contribution >= 4 is 11.9 Å². The van der Waals surface area contributed by atoms with E-state index < -0.39 is 0 Å². The molecule has 5 nitrogen and oxygen atoms in total. The molecule has 0 saturated heterocycles. The smallest absolute Gasteiger partial charge is 0.340 e. The van der Waals surface area contributed by atoms with Crippen LogP contribution in [0.2, 0.25) is 0 Å². The Morgan fingerprint density at radius 2 is 1.85 bits per heavy atom. The zero-order valence-electron chi connectivity index (χ0n) is 16.4. The lowest BCUT2D eigenvalue weighted by atomic mass is 9.84. The molecule has 0 atom stereocenters. The highest BCUT2D eigenvalue weighted by molar-refractivity contribution is 5.93. The average molecular weight is 368 g/mol. The van der Waals surface area contributed by atoms with Gasteiger partial charge < -0.3 is 14.6 Å². The van der Waals surface area contributed by atoms with Crippen molar-refractivity contribution < 1.29 is 14.3 Å². The van der Waals surface area contributed by atoms with Crippen molar-refractivity contribution in [1.82, 2.24) is 9.88 Å². The number of amides is 1. The number of hydrogen-bond acceptors (Lipinski definition) is 3. The fourth-order valence-electron chi connectivity index (χ4n) is 3.60. The normalized spacial score (nSPS) is 13.9. The highest BCUT2D eigenvalue weighted by Crippen LogP contribution is 2.30. The van der Waals surface area contributed by atoms with Crippen LogP contribution in [0, 0.1) is 19.8 Å². The summed E-state index contributed by atoms with van der Waals surface area (Å²) in [4.78, 5) is 30.5. The quantitative estimate of drug-likeness (QED) is 0.747. The van der Waals surface area contributed by atoms with E-state index in [-0.39, 0.29) is 17.8 Å². The number of nitrogens with one attached hydrogen (secondary N) is 1. The molecule has 144 valence electrons.